The number of nitrogen functional groups attached to an aromatic ring is 1. The molecule has 0 aliphatic rings. The van der Waals surface area contributed by atoms with Crippen LogP contribution in [-0.2, 0) is 6.54 Å². The molecule has 0 amide bonds. The Kier molecular flexibility index (Phi) is 3.84. The Hall–Kier alpha value is -2.01. The van der Waals surface area contributed by atoms with Crippen LogP contribution >= 0.6 is 11.6 Å². The van der Waals surface area contributed by atoms with Crippen molar-refractivity contribution in [2.24, 2.45) is 0 Å². The minimum absolute atomic E-state index is 0.267. The van der Waals surface area contributed by atoms with Crippen molar-refractivity contribution in [2.75, 3.05) is 18.2 Å². The number of nitrogens with zero attached hydrogens (tertiary/aromatic N) is 2. The van der Waals surface area contributed by atoms with Crippen LogP contribution in [0.1, 0.15) is 5.56 Å². The molecule has 1 aromatic heterocycles. The Labute approximate surface area is 110 Å². The minimum atomic E-state index is 0.267. The summed E-state index contributed by atoms with van der Waals surface area (Å²) in [6, 6.07) is 7.87. The van der Waals surface area contributed by atoms with Crippen molar-refractivity contribution in [3.8, 4) is 6.01 Å². The molecule has 94 valence electrons. The third-order valence-electron chi connectivity index (χ3n) is 2.41. The number of ether oxygens (including phenoxy) is 1. The lowest BCUT2D eigenvalue weighted by Gasteiger charge is -2.09. The molecule has 18 heavy (non-hydrogen) atoms. The van der Waals surface area contributed by atoms with Crippen LogP contribution in [0.2, 0.25) is 5.02 Å². The lowest BCUT2D eigenvalue weighted by atomic mass is 10.2. The molecule has 0 spiro atoms. The maximum atomic E-state index is 5.98. The van der Waals surface area contributed by atoms with Gasteiger partial charge >= 0.3 is 6.01 Å². The van der Waals surface area contributed by atoms with Crippen molar-refractivity contribution < 1.29 is 4.74 Å². The van der Waals surface area contributed by atoms with Crippen molar-refractivity contribution in [2.45, 2.75) is 6.54 Å². The second-order valence-corrected chi connectivity index (χ2v) is 4.01. The predicted molar refractivity (Wildman–Crippen MR) is 71.8 cm³/mol. The van der Waals surface area contributed by atoms with Crippen LogP contribution < -0.4 is 15.8 Å². The van der Waals surface area contributed by atoms with Crippen LogP contribution in [0.15, 0.2) is 30.5 Å². The number of para-hydroxylation sites is 1. The molecule has 2 aromatic rings. The number of rotatable bonds is 4. The Balaban J connectivity index is 2.13. The number of nitrogens with two attached hydrogens (primary N) is 1. The maximum Gasteiger partial charge on any atom is 0.318 e. The summed E-state index contributed by atoms with van der Waals surface area (Å²) < 4.78 is 4.94. The second-order valence-electron chi connectivity index (χ2n) is 3.61. The van der Waals surface area contributed by atoms with E-state index in [1.165, 1.54) is 13.3 Å². The van der Waals surface area contributed by atoms with Crippen LogP contribution in [0.25, 0.3) is 0 Å². The first-order valence-corrected chi connectivity index (χ1v) is 5.72. The highest BCUT2D eigenvalue weighted by molar-refractivity contribution is 6.32. The lowest BCUT2D eigenvalue weighted by Crippen LogP contribution is -2.05. The van der Waals surface area contributed by atoms with Crippen LogP contribution in [0, 0.1) is 0 Å². The van der Waals surface area contributed by atoms with Crippen molar-refractivity contribution in [3.05, 3.63) is 41.0 Å². The molecular weight excluding hydrogens is 252 g/mol. The number of methoxy groups -OCH3 is 1. The number of benzene rings is 1. The third-order valence-corrected chi connectivity index (χ3v) is 2.68. The van der Waals surface area contributed by atoms with Crippen molar-refractivity contribution in [1.29, 1.82) is 0 Å². The van der Waals surface area contributed by atoms with Gasteiger partial charge in [0.2, 0.25) is 0 Å². The molecule has 0 bridgehead atoms. The van der Waals surface area contributed by atoms with Crippen LogP contribution in [0.3, 0.4) is 0 Å². The van der Waals surface area contributed by atoms with Crippen LogP contribution in [-0.4, -0.2) is 17.1 Å². The van der Waals surface area contributed by atoms with E-state index in [0.717, 1.165) is 11.3 Å². The summed E-state index contributed by atoms with van der Waals surface area (Å²) in [4.78, 5) is 8.02. The van der Waals surface area contributed by atoms with Gasteiger partial charge in [-0.2, -0.15) is 4.98 Å². The van der Waals surface area contributed by atoms with Crippen LogP contribution in [0.4, 0.5) is 11.5 Å². The fourth-order valence-corrected chi connectivity index (χ4v) is 1.61. The summed E-state index contributed by atoms with van der Waals surface area (Å²) in [5.41, 5.74) is 7.55. The van der Waals surface area contributed by atoms with E-state index in [2.05, 4.69) is 15.3 Å². The molecule has 0 saturated heterocycles. The van der Waals surface area contributed by atoms with Gasteiger partial charge in [0, 0.05) is 12.2 Å². The highest BCUT2D eigenvalue weighted by Crippen LogP contribution is 2.21. The standard InChI is InChI=1S/C12H13ClN4O/c1-18-12-16-7-9(13)11(17-12)15-6-8-4-2-3-5-10(8)14/h2-5,7H,6,14H2,1H3,(H,15,16,17). The number of hydrogen-bond donors (Lipinski definition) is 2. The van der Waals surface area contributed by atoms with Crippen molar-refractivity contribution in [1.82, 2.24) is 9.97 Å². The van der Waals surface area contributed by atoms with Gasteiger partial charge in [-0.3, -0.25) is 0 Å². The molecule has 2 rings (SSSR count). The van der Waals surface area contributed by atoms with E-state index in [9.17, 15) is 0 Å². The summed E-state index contributed by atoms with van der Waals surface area (Å²) in [5, 5.41) is 3.54. The molecule has 5 nitrogen and oxygen atoms in total. The summed E-state index contributed by atoms with van der Waals surface area (Å²) >= 11 is 5.98. The molecule has 0 atom stereocenters. The zero-order valence-electron chi connectivity index (χ0n) is 9.85. The van der Waals surface area contributed by atoms with Gasteiger partial charge in [-0.15, -0.1) is 0 Å². The van der Waals surface area contributed by atoms with Crippen molar-refractivity contribution in [3.63, 3.8) is 0 Å². The first kappa shape index (κ1) is 12.4. The van der Waals surface area contributed by atoms with Crippen molar-refractivity contribution >= 4 is 23.1 Å². The molecule has 0 saturated carbocycles. The van der Waals surface area contributed by atoms with E-state index >= 15 is 0 Å². The minimum Gasteiger partial charge on any atom is -0.467 e. The fraction of sp³-hybridized carbons (Fsp3) is 0.167. The van der Waals surface area contributed by atoms with Gasteiger partial charge in [0.1, 0.15) is 5.02 Å². The number of nitrogens with one attached hydrogen (secondary N) is 1. The molecule has 1 heterocycles. The molecule has 0 aliphatic carbocycles. The quantitative estimate of drug-likeness (QED) is 0.829. The summed E-state index contributed by atoms with van der Waals surface area (Å²) in [6.07, 6.45) is 1.49. The molecule has 6 heteroatoms. The molecule has 1 aromatic carbocycles. The maximum absolute atomic E-state index is 5.98. The van der Waals surface area contributed by atoms with Gasteiger partial charge in [-0.25, -0.2) is 4.98 Å². The Morgan fingerprint density at radius 1 is 1.39 bits per heavy atom. The highest BCUT2D eigenvalue weighted by Gasteiger charge is 2.06. The topological polar surface area (TPSA) is 73.1 Å². The molecule has 0 fully saturated rings. The van der Waals surface area contributed by atoms with E-state index < -0.39 is 0 Å². The van der Waals surface area contributed by atoms with Gasteiger partial charge < -0.3 is 15.8 Å². The van der Waals surface area contributed by atoms with E-state index in [1.54, 1.807) is 0 Å². The van der Waals surface area contributed by atoms with Gasteiger partial charge in [-0.05, 0) is 11.6 Å². The monoisotopic (exact) mass is 264 g/mol. The number of hydrogen-bond acceptors (Lipinski definition) is 5. The Morgan fingerprint density at radius 2 is 2.17 bits per heavy atom. The second kappa shape index (κ2) is 5.55. The van der Waals surface area contributed by atoms with Crippen LogP contribution in [0.5, 0.6) is 6.01 Å². The van der Waals surface area contributed by atoms with Gasteiger partial charge in [0.25, 0.3) is 0 Å². The Bertz CT molecular complexity index is 547. The smallest absolute Gasteiger partial charge is 0.318 e. The average Bonchev–Trinajstić information content (AvgIpc) is 2.39. The first-order chi connectivity index (χ1) is 8.70. The van der Waals surface area contributed by atoms with Gasteiger partial charge in [0.05, 0.1) is 13.3 Å². The van der Waals surface area contributed by atoms with E-state index in [0.29, 0.717) is 17.4 Å². The number of aromatic nitrogens is 2. The average molecular weight is 265 g/mol. The summed E-state index contributed by atoms with van der Waals surface area (Å²) in [7, 11) is 1.50. The van der Waals surface area contributed by atoms with E-state index in [-0.39, 0.29) is 6.01 Å². The molecule has 0 radical (unpaired) electrons. The molecule has 3 N–H and O–H groups in total. The van der Waals surface area contributed by atoms with Gasteiger partial charge in [0.15, 0.2) is 5.82 Å². The highest BCUT2D eigenvalue weighted by atomic mass is 35.5. The normalized spacial score (nSPS) is 10.1. The van der Waals surface area contributed by atoms with Gasteiger partial charge in [-0.1, -0.05) is 29.8 Å². The number of anilines is 2. The largest absolute Gasteiger partial charge is 0.467 e. The fourth-order valence-electron chi connectivity index (χ4n) is 1.45. The SMILES string of the molecule is COc1ncc(Cl)c(NCc2ccccc2N)n1. The summed E-state index contributed by atoms with van der Waals surface area (Å²) in [5.74, 6) is 0.520. The molecular formula is C12H13ClN4O. The predicted octanol–water partition coefficient (Wildman–Crippen LogP) is 2.33. The number of halogens is 1. The lowest BCUT2D eigenvalue weighted by molar-refractivity contribution is 0.380. The van der Waals surface area contributed by atoms with E-state index in [1.807, 2.05) is 24.3 Å². The van der Waals surface area contributed by atoms with E-state index in [4.69, 9.17) is 22.1 Å². The first-order valence-electron chi connectivity index (χ1n) is 5.34. The third kappa shape index (κ3) is 2.81. The Morgan fingerprint density at radius 3 is 2.89 bits per heavy atom. The zero-order valence-corrected chi connectivity index (χ0v) is 10.6. The zero-order chi connectivity index (χ0) is 13.0. The molecule has 0 aliphatic heterocycles. The summed E-state index contributed by atoms with van der Waals surface area (Å²) in [6.45, 7) is 0.534. The molecule has 0 unspecified atom stereocenters.